The Morgan fingerprint density at radius 3 is 1.32 bits per heavy atom. The summed E-state index contributed by atoms with van der Waals surface area (Å²) in [6.07, 6.45) is 35.5. The van der Waals surface area contributed by atoms with Gasteiger partial charge in [0.15, 0.2) is 0 Å². The van der Waals surface area contributed by atoms with Crippen molar-refractivity contribution in [3.8, 4) is 0 Å². The first-order valence-electron chi connectivity index (χ1n) is 16.0. The monoisotopic (exact) mass is 666 g/mol. The van der Waals surface area contributed by atoms with Gasteiger partial charge in [-0.05, 0) is 111 Å². The average molecular weight is 669 g/mol. The third kappa shape index (κ3) is 8.78. The van der Waals surface area contributed by atoms with Gasteiger partial charge >= 0.3 is 37.9 Å². The fourth-order valence-corrected chi connectivity index (χ4v) is 8.12. The number of fused-ring (bicyclic) bond motifs is 2. The van der Waals surface area contributed by atoms with E-state index in [4.69, 9.17) is 17.0 Å². The molecule has 10 radical (unpaired) electrons. The van der Waals surface area contributed by atoms with E-state index >= 15 is 0 Å². The summed E-state index contributed by atoms with van der Waals surface area (Å²) >= 11 is -0.826. The molecule has 0 saturated heterocycles. The van der Waals surface area contributed by atoms with Crippen molar-refractivity contribution < 1.29 is 20.8 Å². The second-order valence-corrected chi connectivity index (χ2v) is 17.4. The summed E-state index contributed by atoms with van der Waals surface area (Å²) in [5, 5.41) is 0. The van der Waals surface area contributed by atoms with Crippen molar-refractivity contribution in [3.05, 3.63) is 110 Å². The van der Waals surface area contributed by atoms with E-state index in [9.17, 15) is 0 Å². The fourth-order valence-electron chi connectivity index (χ4n) is 8.12. The molecule has 0 nitrogen and oxygen atoms in total. The maximum absolute atomic E-state index is 4.93. The van der Waals surface area contributed by atoms with Crippen molar-refractivity contribution in [2.45, 2.75) is 80.1 Å². The van der Waals surface area contributed by atoms with Crippen LogP contribution in [0.25, 0.3) is 0 Å². The molecule has 6 aliphatic rings. The molecule has 3 heteroatoms. The molecule has 0 N–H and O–H groups in total. The van der Waals surface area contributed by atoms with Gasteiger partial charge in [0.1, 0.15) is 0 Å². The summed E-state index contributed by atoms with van der Waals surface area (Å²) in [6.45, 7) is 14.5. The molecule has 220 valence electrons. The van der Waals surface area contributed by atoms with Gasteiger partial charge in [-0.2, -0.15) is 0 Å². The van der Waals surface area contributed by atoms with Crippen molar-refractivity contribution in [3.63, 3.8) is 0 Å². The first-order valence-corrected chi connectivity index (χ1v) is 22.3. The third-order valence-corrected chi connectivity index (χ3v) is 10.3. The Morgan fingerprint density at radius 1 is 0.585 bits per heavy atom. The van der Waals surface area contributed by atoms with Crippen molar-refractivity contribution in [1.29, 1.82) is 0 Å². The molecular formula is C38H50Cl2Zr. The van der Waals surface area contributed by atoms with E-state index in [1.807, 2.05) is 0 Å². The molecule has 4 saturated carbocycles. The molecular weight excluding hydrogens is 619 g/mol. The van der Waals surface area contributed by atoms with Crippen LogP contribution in [0.2, 0.25) is 0 Å². The van der Waals surface area contributed by atoms with Crippen LogP contribution in [0.15, 0.2) is 48.6 Å². The van der Waals surface area contributed by atoms with Gasteiger partial charge in [0.05, 0.1) is 0 Å². The van der Waals surface area contributed by atoms with Gasteiger partial charge in [0.2, 0.25) is 0 Å². The molecule has 0 aliphatic heterocycles. The van der Waals surface area contributed by atoms with Gasteiger partial charge in [-0.3, -0.25) is 0 Å². The van der Waals surface area contributed by atoms with E-state index in [0.717, 1.165) is 47.3 Å². The third-order valence-electron chi connectivity index (χ3n) is 10.3. The first kappa shape index (κ1) is 34.3. The number of hydrogen-bond donors (Lipinski definition) is 0. The van der Waals surface area contributed by atoms with E-state index in [1.54, 1.807) is 11.8 Å². The van der Waals surface area contributed by atoms with Crippen LogP contribution in [0.3, 0.4) is 0 Å². The van der Waals surface area contributed by atoms with Crippen LogP contribution in [0.1, 0.15) is 80.1 Å². The molecule has 0 aromatic rings. The Kier molecular flexibility index (Phi) is 13.9. The molecule has 0 aromatic carbocycles. The number of hydrogen-bond acceptors (Lipinski definition) is 0. The fraction of sp³-hybridized carbons (Fsp3) is 0.526. The standard InChI is InChI=1S/2C19H25.2ClH.Zr/c2*1-13(2)16-10-8-14(3)12-19(16)18-11-9-15-6-4-5-7-17(15)18;;;/h2*4-7,9,11,13-14,16,19H,8,10,12H2,1-3H3;2*1H;/q;;;;+2/p-2/t2*14-,16+,19?;;;/m11.../s1. The number of halogens is 2. The summed E-state index contributed by atoms with van der Waals surface area (Å²) in [7, 11) is 9.87. The Labute approximate surface area is 273 Å². The summed E-state index contributed by atoms with van der Waals surface area (Å²) < 4.78 is 0. The Bertz CT molecular complexity index is 830. The Balaban J connectivity index is 0.000000173. The van der Waals surface area contributed by atoms with E-state index in [2.05, 4.69) is 116 Å². The molecule has 0 heterocycles. The van der Waals surface area contributed by atoms with Crippen LogP contribution in [0.4, 0.5) is 0 Å². The van der Waals surface area contributed by atoms with Gasteiger partial charge in [0.25, 0.3) is 0 Å². The van der Waals surface area contributed by atoms with Gasteiger partial charge < -0.3 is 0 Å². The van der Waals surface area contributed by atoms with Crippen molar-refractivity contribution in [2.24, 2.45) is 47.3 Å². The van der Waals surface area contributed by atoms with E-state index < -0.39 is 20.8 Å². The van der Waals surface area contributed by atoms with Crippen molar-refractivity contribution in [2.75, 3.05) is 0 Å². The molecule has 0 spiro atoms. The Hall–Kier alpha value is 0.423. The maximum atomic E-state index is 4.93. The second-order valence-electron chi connectivity index (χ2n) is 13.7. The molecule has 41 heavy (non-hydrogen) atoms. The van der Waals surface area contributed by atoms with Crippen LogP contribution in [0.5, 0.6) is 0 Å². The minimum absolute atomic E-state index is 0.767. The summed E-state index contributed by atoms with van der Waals surface area (Å²) in [4.78, 5) is 0. The molecule has 2 unspecified atom stereocenters. The molecule has 6 rings (SSSR count). The van der Waals surface area contributed by atoms with Crippen LogP contribution in [-0.2, 0) is 20.8 Å². The number of rotatable bonds is 4. The molecule has 6 atom stereocenters. The van der Waals surface area contributed by atoms with Gasteiger partial charge in [-0.1, -0.05) is 103 Å². The zero-order chi connectivity index (χ0) is 29.5. The molecule has 0 aromatic heterocycles. The minimum atomic E-state index is -0.826. The first-order chi connectivity index (χ1) is 19.7. The van der Waals surface area contributed by atoms with E-state index in [0.29, 0.717) is 0 Å². The predicted molar refractivity (Wildman–Crippen MR) is 175 cm³/mol. The van der Waals surface area contributed by atoms with Crippen LogP contribution in [-0.4, -0.2) is 0 Å². The normalized spacial score (nSPS) is 34.8. The quantitative estimate of drug-likeness (QED) is 0.280. The van der Waals surface area contributed by atoms with Gasteiger partial charge in [-0.25, -0.2) is 0 Å². The summed E-state index contributed by atoms with van der Waals surface area (Å²) in [5.74, 6) is 15.7. The van der Waals surface area contributed by atoms with Gasteiger partial charge in [0, 0.05) is 23.7 Å². The zero-order valence-electron chi connectivity index (χ0n) is 26.0. The number of allylic oxidation sites excluding steroid dienone is 8. The Morgan fingerprint density at radius 2 is 0.951 bits per heavy atom. The van der Waals surface area contributed by atoms with Crippen molar-refractivity contribution in [1.82, 2.24) is 0 Å². The van der Waals surface area contributed by atoms with Crippen molar-refractivity contribution >= 4 is 17.0 Å². The molecule has 4 fully saturated rings. The van der Waals surface area contributed by atoms with Crippen LogP contribution < -0.4 is 0 Å². The molecule has 0 bridgehead atoms. The SMILES string of the molecule is CC(C)[C@@H]1CC[C@@H](C)CC1[C]1[CH][CH][C]2C=CC=C[C]21.CC(C)[C@@H]1CC[C@@H](C)CC1[C]1[CH][CH][C]2C=CC=C[C]21.[Cl][Zr][Cl]. The summed E-state index contributed by atoms with van der Waals surface area (Å²) in [6, 6.07) is 0. The summed E-state index contributed by atoms with van der Waals surface area (Å²) in [5.41, 5.74) is 0. The molecule has 6 aliphatic carbocycles. The van der Waals surface area contributed by atoms with Crippen LogP contribution in [0, 0.1) is 109 Å². The zero-order valence-corrected chi connectivity index (χ0v) is 30.0. The molecule has 0 amide bonds. The van der Waals surface area contributed by atoms with E-state index in [1.165, 1.54) is 62.2 Å². The predicted octanol–water partition coefficient (Wildman–Crippen LogP) is 11.3. The second kappa shape index (κ2) is 16.7. The van der Waals surface area contributed by atoms with E-state index in [-0.39, 0.29) is 0 Å². The van der Waals surface area contributed by atoms with Gasteiger partial charge in [-0.15, -0.1) is 0 Å². The van der Waals surface area contributed by atoms with Crippen LogP contribution >= 0.6 is 17.0 Å². The topological polar surface area (TPSA) is 0 Å². The average Bonchev–Trinajstić information content (AvgIpc) is 3.58.